The second-order valence-corrected chi connectivity index (χ2v) is 6.56. The van der Waals surface area contributed by atoms with Gasteiger partial charge in [-0.25, -0.2) is 4.98 Å². The first-order chi connectivity index (χ1) is 11.7. The molecular weight excluding hydrogens is 304 g/mol. The molecule has 1 aliphatic carbocycles. The van der Waals surface area contributed by atoms with E-state index in [-0.39, 0.29) is 18.1 Å². The number of amides is 1. The zero-order valence-electron chi connectivity index (χ0n) is 13.9. The van der Waals surface area contributed by atoms with Gasteiger partial charge in [0.05, 0.1) is 30.9 Å². The highest BCUT2D eigenvalue weighted by Crippen LogP contribution is 2.30. The molecule has 5 nitrogen and oxygen atoms in total. The van der Waals surface area contributed by atoms with Gasteiger partial charge in [-0.15, -0.1) is 0 Å². The van der Waals surface area contributed by atoms with Crippen molar-refractivity contribution in [1.82, 2.24) is 9.88 Å². The quantitative estimate of drug-likeness (QED) is 0.870. The fourth-order valence-electron chi connectivity index (χ4n) is 3.78. The average molecular weight is 326 g/mol. The van der Waals surface area contributed by atoms with Crippen molar-refractivity contribution in [2.75, 3.05) is 13.2 Å². The van der Waals surface area contributed by atoms with Gasteiger partial charge in [0.25, 0.3) is 0 Å². The number of morpholine rings is 1. The van der Waals surface area contributed by atoms with Crippen LogP contribution in [-0.2, 0) is 16.0 Å². The summed E-state index contributed by atoms with van der Waals surface area (Å²) in [6, 6.07) is 10.0. The molecule has 2 aliphatic rings. The molecule has 2 aromatic rings. The van der Waals surface area contributed by atoms with Gasteiger partial charge in [0.1, 0.15) is 5.76 Å². The molecular formula is C19H22N2O3. The topological polar surface area (TPSA) is 55.6 Å². The van der Waals surface area contributed by atoms with Crippen LogP contribution in [0.3, 0.4) is 0 Å². The Bertz CT molecular complexity index is 725. The zero-order valence-corrected chi connectivity index (χ0v) is 13.9. The fraction of sp³-hybridized carbons (Fsp3) is 0.474. The second-order valence-electron chi connectivity index (χ2n) is 6.56. The van der Waals surface area contributed by atoms with Crippen molar-refractivity contribution in [3.05, 3.63) is 41.8 Å². The monoisotopic (exact) mass is 326 g/mol. The second kappa shape index (κ2) is 6.40. The van der Waals surface area contributed by atoms with Crippen LogP contribution in [0.1, 0.15) is 30.7 Å². The van der Waals surface area contributed by atoms with Gasteiger partial charge in [0.15, 0.2) is 0 Å². The minimum absolute atomic E-state index is 0.131. The van der Waals surface area contributed by atoms with Gasteiger partial charge < -0.3 is 14.1 Å². The zero-order chi connectivity index (χ0) is 16.5. The summed E-state index contributed by atoms with van der Waals surface area (Å²) >= 11 is 0. The molecule has 126 valence electrons. The van der Waals surface area contributed by atoms with Crippen molar-refractivity contribution in [3.63, 3.8) is 0 Å². The highest BCUT2D eigenvalue weighted by atomic mass is 16.5. The standard InChI is InChI=1S/C19H22N2O3/c1-13-15(20-19(24-13)14-6-3-2-4-7-14)12-18(22)21-10-11-23-17-9-5-8-16(17)21/h2-4,6-7,16-17H,5,8-12H2,1H3/t16-,17-/m1/s1. The van der Waals surface area contributed by atoms with E-state index in [0.717, 1.165) is 36.3 Å². The van der Waals surface area contributed by atoms with Crippen LogP contribution in [0.4, 0.5) is 0 Å². The Morgan fingerprint density at radius 2 is 2.12 bits per heavy atom. The van der Waals surface area contributed by atoms with Gasteiger partial charge in [0, 0.05) is 12.1 Å². The largest absolute Gasteiger partial charge is 0.441 e. The smallest absolute Gasteiger partial charge is 0.229 e. The number of rotatable bonds is 3. The summed E-state index contributed by atoms with van der Waals surface area (Å²) < 4.78 is 11.6. The molecule has 1 saturated heterocycles. The van der Waals surface area contributed by atoms with E-state index >= 15 is 0 Å². The highest BCUT2D eigenvalue weighted by Gasteiger charge is 2.38. The van der Waals surface area contributed by atoms with Crippen LogP contribution in [0.25, 0.3) is 11.5 Å². The van der Waals surface area contributed by atoms with Gasteiger partial charge in [-0.3, -0.25) is 4.79 Å². The van der Waals surface area contributed by atoms with Crippen LogP contribution >= 0.6 is 0 Å². The minimum Gasteiger partial charge on any atom is -0.441 e. The Labute approximate surface area is 141 Å². The summed E-state index contributed by atoms with van der Waals surface area (Å²) in [4.78, 5) is 19.3. The van der Waals surface area contributed by atoms with Gasteiger partial charge >= 0.3 is 0 Å². The summed E-state index contributed by atoms with van der Waals surface area (Å²) in [7, 11) is 0. The average Bonchev–Trinajstić information content (AvgIpc) is 3.22. The van der Waals surface area contributed by atoms with Crippen LogP contribution in [0, 0.1) is 6.92 Å². The van der Waals surface area contributed by atoms with E-state index in [0.29, 0.717) is 25.5 Å². The predicted molar refractivity (Wildman–Crippen MR) is 89.5 cm³/mol. The number of hydrogen-bond acceptors (Lipinski definition) is 4. The summed E-state index contributed by atoms with van der Waals surface area (Å²) in [5.41, 5.74) is 1.67. The Kier molecular flexibility index (Phi) is 4.10. The third-order valence-corrected chi connectivity index (χ3v) is 5.03. The molecule has 1 amide bonds. The molecule has 1 aliphatic heterocycles. The number of benzene rings is 1. The van der Waals surface area contributed by atoms with E-state index in [4.69, 9.17) is 9.15 Å². The number of carbonyl (C=O) groups is 1. The maximum Gasteiger partial charge on any atom is 0.229 e. The van der Waals surface area contributed by atoms with E-state index < -0.39 is 0 Å². The summed E-state index contributed by atoms with van der Waals surface area (Å²) in [5, 5.41) is 0. The minimum atomic E-state index is 0.131. The summed E-state index contributed by atoms with van der Waals surface area (Å²) in [6.45, 7) is 3.20. The third-order valence-electron chi connectivity index (χ3n) is 5.03. The number of oxazole rings is 1. The molecule has 0 N–H and O–H groups in total. The van der Waals surface area contributed by atoms with Crippen LogP contribution in [0.15, 0.2) is 34.7 Å². The lowest BCUT2D eigenvalue weighted by molar-refractivity contribution is -0.143. The van der Waals surface area contributed by atoms with E-state index in [1.54, 1.807) is 0 Å². The van der Waals surface area contributed by atoms with Crippen molar-refractivity contribution in [3.8, 4) is 11.5 Å². The Morgan fingerprint density at radius 1 is 1.29 bits per heavy atom. The van der Waals surface area contributed by atoms with Gasteiger partial charge in [-0.2, -0.15) is 0 Å². The number of aryl methyl sites for hydroxylation is 1. The first kappa shape index (κ1) is 15.4. The van der Waals surface area contributed by atoms with E-state index in [9.17, 15) is 4.79 Å². The number of carbonyl (C=O) groups excluding carboxylic acids is 1. The molecule has 1 aromatic heterocycles. The molecule has 0 spiro atoms. The molecule has 5 heteroatoms. The molecule has 2 heterocycles. The molecule has 2 atom stereocenters. The molecule has 1 aromatic carbocycles. The van der Waals surface area contributed by atoms with Gasteiger partial charge in [-0.05, 0) is 38.3 Å². The van der Waals surface area contributed by atoms with Crippen LogP contribution in [0.5, 0.6) is 0 Å². The number of aromatic nitrogens is 1. The molecule has 0 unspecified atom stereocenters. The predicted octanol–water partition coefficient (Wildman–Crippen LogP) is 2.97. The fourth-order valence-corrected chi connectivity index (χ4v) is 3.78. The SMILES string of the molecule is Cc1oc(-c2ccccc2)nc1CC(=O)N1CCO[C@@H]2CCC[C@H]21. The van der Waals surface area contributed by atoms with Crippen molar-refractivity contribution < 1.29 is 13.9 Å². The van der Waals surface area contributed by atoms with Crippen LogP contribution in [-0.4, -0.2) is 41.1 Å². The Morgan fingerprint density at radius 3 is 2.96 bits per heavy atom. The first-order valence-electron chi connectivity index (χ1n) is 8.65. The lowest BCUT2D eigenvalue weighted by Gasteiger charge is -2.37. The lowest BCUT2D eigenvalue weighted by atomic mass is 10.1. The third kappa shape index (κ3) is 2.84. The van der Waals surface area contributed by atoms with Crippen molar-refractivity contribution in [2.45, 2.75) is 44.8 Å². The molecule has 24 heavy (non-hydrogen) atoms. The number of ether oxygens (including phenoxy) is 1. The molecule has 4 rings (SSSR count). The summed E-state index contributed by atoms with van der Waals surface area (Å²) in [5.74, 6) is 1.43. The van der Waals surface area contributed by atoms with Gasteiger partial charge in [0.2, 0.25) is 11.8 Å². The number of hydrogen-bond donors (Lipinski definition) is 0. The maximum atomic E-state index is 12.8. The first-order valence-corrected chi connectivity index (χ1v) is 8.65. The van der Waals surface area contributed by atoms with E-state index in [1.165, 1.54) is 0 Å². The van der Waals surface area contributed by atoms with Crippen molar-refractivity contribution in [1.29, 1.82) is 0 Å². The molecule has 0 bridgehead atoms. The van der Waals surface area contributed by atoms with E-state index in [2.05, 4.69) is 4.98 Å². The lowest BCUT2D eigenvalue weighted by Crippen LogP contribution is -2.51. The molecule has 0 radical (unpaired) electrons. The number of fused-ring (bicyclic) bond motifs is 1. The van der Waals surface area contributed by atoms with E-state index in [1.807, 2.05) is 42.2 Å². The van der Waals surface area contributed by atoms with Crippen LogP contribution in [0.2, 0.25) is 0 Å². The Balaban J connectivity index is 1.51. The number of nitrogens with zero attached hydrogens (tertiary/aromatic N) is 2. The summed E-state index contributed by atoms with van der Waals surface area (Å²) in [6.07, 6.45) is 3.77. The Hall–Kier alpha value is -2.14. The highest BCUT2D eigenvalue weighted by molar-refractivity contribution is 5.79. The maximum absolute atomic E-state index is 12.8. The molecule has 1 saturated carbocycles. The normalized spacial score (nSPS) is 23.3. The van der Waals surface area contributed by atoms with Gasteiger partial charge in [-0.1, -0.05) is 18.2 Å². The van der Waals surface area contributed by atoms with Crippen molar-refractivity contribution >= 4 is 5.91 Å². The molecule has 2 fully saturated rings. The van der Waals surface area contributed by atoms with Crippen molar-refractivity contribution in [2.24, 2.45) is 0 Å². The van der Waals surface area contributed by atoms with Crippen LogP contribution < -0.4 is 0 Å².